The Hall–Kier alpha value is -1.63. The molecule has 1 spiro atoms. The molecule has 0 aromatic rings. The van der Waals surface area contributed by atoms with Gasteiger partial charge in [0.2, 0.25) is 5.91 Å². The first kappa shape index (κ1) is 16.2. The van der Waals surface area contributed by atoms with Crippen LogP contribution in [0.5, 0.6) is 0 Å². The van der Waals surface area contributed by atoms with Gasteiger partial charge in [-0.1, -0.05) is 26.2 Å². The second-order valence-corrected chi connectivity index (χ2v) is 7.35. The summed E-state index contributed by atoms with van der Waals surface area (Å²) in [6, 6.07) is -0.442. The third-order valence-electron chi connectivity index (χ3n) is 5.27. The van der Waals surface area contributed by atoms with Crippen molar-refractivity contribution in [2.24, 2.45) is 5.41 Å². The molecule has 2 heterocycles. The van der Waals surface area contributed by atoms with Crippen molar-refractivity contribution in [3.63, 3.8) is 0 Å². The molecule has 7 nitrogen and oxygen atoms in total. The number of ether oxygens (including phenoxy) is 1. The lowest BCUT2D eigenvalue weighted by atomic mass is 9.82. The van der Waals surface area contributed by atoms with Gasteiger partial charge in [-0.2, -0.15) is 0 Å². The standard InChI is InChI=1S/C16H25N3O4/c1-15(7-8-23-11-15)10-17-12(20)9-19-13(21)16(18-14(19)22)5-3-2-4-6-16/h2-11H2,1H3,(H,17,20)(H,18,22). The van der Waals surface area contributed by atoms with E-state index < -0.39 is 11.6 Å². The summed E-state index contributed by atoms with van der Waals surface area (Å²) in [6.07, 6.45) is 5.20. The minimum absolute atomic E-state index is 0.0580. The molecule has 2 N–H and O–H groups in total. The summed E-state index contributed by atoms with van der Waals surface area (Å²) in [5.41, 5.74) is -0.821. The number of rotatable bonds is 4. The molecule has 2 aliphatic heterocycles. The Labute approximate surface area is 136 Å². The molecule has 3 aliphatic rings. The number of nitrogens with zero attached hydrogens (tertiary/aromatic N) is 1. The van der Waals surface area contributed by atoms with Gasteiger partial charge in [-0.25, -0.2) is 4.79 Å². The van der Waals surface area contributed by atoms with Crippen LogP contribution >= 0.6 is 0 Å². The summed E-state index contributed by atoms with van der Waals surface area (Å²) in [7, 11) is 0. The van der Waals surface area contributed by atoms with E-state index in [1.807, 2.05) is 0 Å². The lowest BCUT2D eigenvalue weighted by Crippen LogP contribution is -2.49. The third kappa shape index (κ3) is 3.20. The van der Waals surface area contributed by atoms with Crippen LogP contribution in [0.15, 0.2) is 0 Å². The lowest BCUT2D eigenvalue weighted by molar-refractivity contribution is -0.135. The number of nitrogens with one attached hydrogen (secondary N) is 2. The first-order valence-electron chi connectivity index (χ1n) is 8.43. The molecular weight excluding hydrogens is 298 g/mol. The lowest BCUT2D eigenvalue weighted by Gasteiger charge is -2.30. The van der Waals surface area contributed by atoms with E-state index in [0.29, 0.717) is 32.6 Å². The summed E-state index contributed by atoms with van der Waals surface area (Å²) in [4.78, 5) is 37.9. The average molecular weight is 323 g/mol. The fourth-order valence-corrected chi connectivity index (χ4v) is 3.67. The van der Waals surface area contributed by atoms with E-state index in [0.717, 1.165) is 30.6 Å². The molecule has 0 aromatic heterocycles. The van der Waals surface area contributed by atoms with Crippen LogP contribution in [0.1, 0.15) is 45.4 Å². The Morgan fingerprint density at radius 2 is 2.00 bits per heavy atom. The van der Waals surface area contributed by atoms with E-state index in [-0.39, 0.29) is 23.8 Å². The maximum atomic E-state index is 12.6. The molecule has 0 bridgehead atoms. The van der Waals surface area contributed by atoms with Gasteiger partial charge in [0, 0.05) is 18.6 Å². The van der Waals surface area contributed by atoms with E-state index in [1.54, 1.807) is 0 Å². The molecule has 3 rings (SSSR count). The molecule has 23 heavy (non-hydrogen) atoms. The molecule has 1 atom stereocenters. The van der Waals surface area contributed by atoms with Gasteiger partial charge in [-0.15, -0.1) is 0 Å². The summed E-state index contributed by atoms with van der Waals surface area (Å²) in [5, 5.41) is 5.65. The largest absolute Gasteiger partial charge is 0.381 e. The van der Waals surface area contributed by atoms with Crippen molar-refractivity contribution in [2.45, 2.75) is 51.0 Å². The number of imide groups is 1. The number of urea groups is 1. The number of carbonyl (C=O) groups excluding carboxylic acids is 3. The van der Waals surface area contributed by atoms with Crippen molar-refractivity contribution in [1.82, 2.24) is 15.5 Å². The van der Waals surface area contributed by atoms with Crippen molar-refractivity contribution in [2.75, 3.05) is 26.3 Å². The van der Waals surface area contributed by atoms with E-state index in [4.69, 9.17) is 4.74 Å². The van der Waals surface area contributed by atoms with Crippen LogP contribution in [-0.2, 0) is 14.3 Å². The van der Waals surface area contributed by atoms with Crippen LogP contribution in [0.2, 0.25) is 0 Å². The van der Waals surface area contributed by atoms with E-state index in [2.05, 4.69) is 17.6 Å². The highest BCUT2D eigenvalue weighted by molar-refractivity contribution is 6.09. The third-order valence-corrected chi connectivity index (χ3v) is 5.27. The Kier molecular flexibility index (Phi) is 4.31. The van der Waals surface area contributed by atoms with E-state index in [1.165, 1.54) is 0 Å². The molecule has 1 aliphatic carbocycles. The quantitative estimate of drug-likeness (QED) is 0.749. The molecule has 128 valence electrons. The van der Waals surface area contributed by atoms with Gasteiger partial charge in [0.1, 0.15) is 12.1 Å². The minimum atomic E-state index is -0.763. The van der Waals surface area contributed by atoms with Gasteiger partial charge in [0.05, 0.1) is 6.61 Å². The first-order valence-corrected chi connectivity index (χ1v) is 8.43. The molecule has 0 aromatic carbocycles. The molecule has 7 heteroatoms. The van der Waals surface area contributed by atoms with Crippen molar-refractivity contribution in [1.29, 1.82) is 0 Å². The normalized spacial score (nSPS) is 29.9. The molecule has 0 radical (unpaired) electrons. The van der Waals surface area contributed by atoms with E-state index in [9.17, 15) is 14.4 Å². The Balaban J connectivity index is 1.55. The van der Waals surface area contributed by atoms with Gasteiger partial charge in [0.25, 0.3) is 5.91 Å². The smallest absolute Gasteiger partial charge is 0.325 e. The Morgan fingerprint density at radius 3 is 2.65 bits per heavy atom. The van der Waals surface area contributed by atoms with Crippen molar-refractivity contribution in [3.05, 3.63) is 0 Å². The van der Waals surface area contributed by atoms with Crippen molar-refractivity contribution >= 4 is 17.8 Å². The van der Waals surface area contributed by atoms with Gasteiger partial charge in [-0.3, -0.25) is 14.5 Å². The highest BCUT2D eigenvalue weighted by Gasteiger charge is 2.51. The van der Waals surface area contributed by atoms with Crippen LogP contribution in [-0.4, -0.2) is 54.6 Å². The second-order valence-electron chi connectivity index (χ2n) is 7.35. The molecule has 3 fully saturated rings. The van der Waals surface area contributed by atoms with Crippen molar-refractivity contribution in [3.8, 4) is 0 Å². The number of carbonyl (C=O) groups is 3. The Bertz CT molecular complexity index is 507. The molecule has 1 saturated carbocycles. The minimum Gasteiger partial charge on any atom is -0.381 e. The molecule has 2 saturated heterocycles. The maximum absolute atomic E-state index is 12.6. The highest BCUT2D eigenvalue weighted by Crippen LogP contribution is 2.33. The zero-order chi connectivity index (χ0) is 16.5. The van der Waals surface area contributed by atoms with Crippen LogP contribution in [0.25, 0.3) is 0 Å². The molecule has 4 amide bonds. The predicted molar refractivity (Wildman–Crippen MR) is 82.6 cm³/mol. The average Bonchev–Trinajstić information content (AvgIpc) is 3.05. The number of hydrogen-bond donors (Lipinski definition) is 2. The maximum Gasteiger partial charge on any atom is 0.325 e. The van der Waals surface area contributed by atoms with Crippen LogP contribution in [0, 0.1) is 5.41 Å². The second kappa shape index (κ2) is 6.11. The molecule has 1 unspecified atom stereocenters. The van der Waals surface area contributed by atoms with Gasteiger partial charge in [-0.05, 0) is 19.3 Å². The number of hydrogen-bond acceptors (Lipinski definition) is 4. The van der Waals surface area contributed by atoms with Gasteiger partial charge < -0.3 is 15.4 Å². The Morgan fingerprint density at radius 1 is 1.26 bits per heavy atom. The first-order chi connectivity index (χ1) is 10.9. The highest BCUT2D eigenvalue weighted by atomic mass is 16.5. The fourth-order valence-electron chi connectivity index (χ4n) is 3.67. The summed E-state index contributed by atoms with van der Waals surface area (Å²) >= 11 is 0. The van der Waals surface area contributed by atoms with Crippen molar-refractivity contribution < 1.29 is 19.1 Å². The summed E-state index contributed by atoms with van der Waals surface area (Å²) in [6.45, 7) is 3.69. The number of amides is 4. The molecular formula is C16H25N3O4. The zero-order valence-corrected chi connectivity index (χ0v) is 13.7. The van der Waals surface area contributed by atoms with Crippen LogP contribution in [0.3, 0.4) is 0 Å². The zero-order valence-electron chi connectivity index (χ0n) is 13.7. The fraction of sp³-hybridized carbons (Fsp3) is 0.812. The van der Waals surface area contributed by atoms with Crippen LogP contribution < -0.4 is 10.6 Å². The summed E-state index contributed by atoms with van der Waals surface area (Å²) < 4.78 is 5.36. The topological polar surface area (TPSA) is 87.7 Å². The monoisotopic (exact) mass is 323 g/mol. The van der Waals surface area contributed by atoms with Crippen LogP contribution in [0.4, 0.5) is 4.79 Å². The van der Waals surface area contributed by atoms with Gasteiger partial charge in [0.15, 0.2) is 0 Å². The SMILES string of the molecule is CC1(CNC(=O)CN2C(=O)NC3(CCCCC3)C2=O)CCOC1. The van der Waals surface area contributed by atoms with E-state index >= 15 is 0 Å². The predicted octanol–water partition coefficient (Wildman–Crippen LogP) is 0.784. The summed E-state index contributed by atoms with van der Waals surface area (Å²) in [5.74, 6) is -0.540. The van der Waals surface area contributed by atoms with Gasteiger partial charge >= 0.3 is 6.03 Å².